The van der Waals surface area contributed by atoms with E-state index in [0.717, 1.165) is 38.1 Å². The number of hydrogen-bond donors (Lipinski definition) is 1. The van der Waals surface area contributed by atoms with Crippen molar-refractivity contribution < 1.29 is 4.79 Å². The van der Waals surface area contributed by atoms with Crippen LogP contribution in [0.2, 0.25) is 0 Å². The fourth-order valence-corrected chi connectivity index (χ4v) is 2.56. The Kier molecular flexibility index (Phi) is 6.18. The molecule has 1 saturated carbocycles. The van der Waals surface area contributed by atoms with Crippen molar-refractivity contribution in [1.29, 1.82) is 0 Å². The molecule has 1 aliphatic carbocycles. The highest BCUT2D eigenvalue weighted by molar-refractivity contribution is 6.17. The summed E-state index contributed by atoms with van der Waals surface area (Å²) in [6.07, 6.45) is 9.06. The van der Waals surface area contributed by atoms with Gasteiger partial charge < -0.3 is 5.32 Å². The number of unbranched alkanes of at least 4 members (excludes halogenated alkanes) is 3. The number of alkyl halides is 1. The molecule has 0 unspecified atom stereocenters. The lowest BCUT2D eigenvalue weighted by atomic mass is 9.88. The molecule has 0 heterocycles. The van der Waals surface area contributed by atoms with Crippen molar-refractivity contribution in [3.63, 3.8) is 0 Å². The van der Waals surface area contributed by atoms with Gasteiger partial charge in [-0.2, -0.15) is 0 Å². The third kappa shape index (κ3) is 4.32. The Morgan fingerprint density at radius 3 is 2.44 bits per heavy atom. The molecule has 0 bridgehead atoms. The maximum Gasteiger partial charge on any atom is 0.225 e. The van der Waals surface area contributed by atoms with Crippen LogP contribution < -0.4 is 5.32 Å². The summed E-state index contributed by atoms with van der Waals surface area (Å²) in [5, 5.41) is 3.07. The Bertz CT molecular complexity index is 212. The molecule has 0 radical (unpaired) electrons. The van der Waals surface area contributed by atoms with Gasteiger partial charge in [0.2, 0.25) is 5.91 Å². The van der Waals surface area contributed by atoms with E-state index in [-0.39, 0.29) is 11.3 Å². The second-order valence-corrected chi connectivity index (χ2v) is 5.50. The normalized spacial score (nSPS) is 18.6. The molecule has 0 aromatic heterocycles. The highest BCUT2D eigenvalue weighted by Crippen LogP contribution is 2.37. The average Bonchev–Trinajstić information content (AvgIpc) is 2.71. The van der Waals surface area contributed by atoms with Gasteiger partial charge in [0, 0.05) is 17.8 Å². The van der Waals surface area contributed by atoms with Crippen LogP contribution in [0.1, 0.15) is 58.3 Å². The van der Waals surface area contributed by atoms with Gasteiger partial charge in [-0.05, 0) is 25.7 Å². The summed E-state index contributed by atoms with van der Waals surface area (Å²) in [7, 11) is 0. The lowest BCUT2D eigenvalue weighted by molar-refractivity contribution is -0.129. The van der Waals surface area contributed by atoms with Gasteiger partial charge in [-0.25, -0.2) is 0 Å². The van der Waals surface area contributed by atoms with Crippen molar-refractivity contribution >= 4 is 17.5 Å². The minimum Gasteiger partial charge on any atom is -0.356 e. The van der Waals surface area contributed by atoms with Crippen molar-refractivity contribution in [1.82, 2.24) is 5.32 Å². The zero-order valence-electron chi connectivity index (χ0n) is 10.4. The molecule has 1 N–H and O–H groups in total. The molecule has 1 amide bonds. The number of nitrogens with one attached hydrogen (secondary N) is 1. The van der Waals surface area contributed by atoms with Crippen molar-refractivity contribution in [3.05, 3.63) is 0 Å². The molecule has 0 atom stereocenters. The molecule has 0 spiro atoms. The Morgan fingerprint density at radius 2 is 1.81 bits per heavy atom. The highest BCUT2D eigenvalue weighted by Gasteiger charge is 2.35. The molecular weight excluding hydrogens is 222 g/mol. The molecule has 1 aliphatic rings. The molecule has 0 aliphatic heterocycles. The first-order chi connectivity index (χ1) is 7.69. The number of hydrogen-bond acceptors (Lipinski definition) is 1. The minimum atomic E-state index is -0.0733. The predicted octanol–water partition coefficient (Wildman–Crippen LogP) is 3.48. The first-order valence-electron chi connectivity index (χ1n) is 6.53. The zero-order chi connectivity index (χ0) is 11.9. The van der Waals surface area contributed by atoms with Gasteiger partial charge in [-0.1, -0.05) is 32.6 Å². The van der Waals surface area contributed by atoms with Crippen LogP contribution in [0.4, 0.5) is 0 Å². The first-order valence-corrected chi connectivity index (χ1v) is 7.07. The Hall–Kier alpha value is -0.240. The smallest absolute Gasteiger partial charge is 0.225 e. The maximum atomic E-state index is 11.9. The number of carbonyl (C=O) groups excluding carboxylic acids is 1. The van der Waals surface area contributed by atoms with Crippen LogP contribution in [0.25, 0.3) is 0 Å². The van der Waals surface area contributed by atoms with E-state index in [9.17, 15) is 4.79 Å². The van der Waals surface area contributed by atoms with Crippen LogP contribution >= 0.6 is 11.6 Å². The number of amides is 1. The Labute approximate surface area is 104 Å². The van der Waals surface area contributed by atoms with Crippen LogP contribution in [0, 0.1) is 5.41 Å². The van der Waals surface area contributed by atoms with Crippen molar-refractivity contribution in [2.24, 2.45) is 5.41 Å². The van der Waals surface area contributed by atoms with E-state index < -0.39 is 0 Å². The van der Waals surface area contributed by atoms with Gasteiger partial charge in [0.15, 0.2) is 0 Å². The van der Waals surface area contributed by atoms with Crippen molar-refractivity contribution in [3.8, 4) is 0 Å². The molecule has 0 aromatic rings. The number of carbonyl (C=O) groups is 1. The second-order valence-electron chi connectivity index (χ2n) is 5.13. The van der Waals surface area contributed by atoms with E-state index >= 15 is 0 Å². The fraction of sp³-hybridized carbons (Fsp3) is 0.923. The molecule has 1 fully saturated rings. The maximum absolute atomic E-state index is 11.9. The minimum absolute atomic E-state index is 0.0733. The van der Waals surface area contributed by atoms with Crippen LogP contribution in [-0.4, -0.2) is 18.3 Å². The monoisotopic (exact) mass is 245 g/mol. The lowest BCUT2D eigenvalue weighted by Crippen LogP contribution is -2.37. The second kappa shape index (κ2) is 7.16. The summed E-state index contributed by atoms with van der Waals surface area (Å²) >= 11 is 5.60. The van der Waals surface area contributed by atoms with Crippen molar-refractivity contribution in [2.75, 3.05) is 12.4 Å². The van der Waals surface area contributed by atoms with Crippen LogP contribution in [0.3, 0.4) is 0 Å². The standard InChI is InChI=1S/C13H24ClNO/c1-13(8-4-5-9-13)12(16)15-11-7-3-2-6-10-14/h2-11H2,1H3,(H,15,16). The third-order valence-corrected chi connectivity index (χ3v) is 3.87. The fourth-order valence-electron chi connectivity index (χ4n) is 2.37. The molecule has 16 heavy (non-hydrogen) atoms. The molecular formula is C13H24ClNO. The Balaban J connectivity index is 2.06. The number of rotatable bonds is 7. The first kappa shape index (κ1) is 13.8. The molecule has 2 nitrogen and oxygen atoms in total. The van der Waals surface area contributed by atoms with Gasteiger partial charge in [-0.15, -0.1) is 11.6 Å². The molecule has 3 heteroatoms. The zero-order valence-corrected chi connectivity index (χ0v) is 11.1. The average molecular weight is 246 g/mol. The molecule has 0 saturated heterocycles. The van der Waals surface area contributed by atoms with Crippen molar-refractivity contribution in [2.45, 2.75) is 58.3 Å². The predicted molar refractivity (Wildman–Crippen MR) is 68.8 cm³/mol. The van der Waals surface area contributed by atoms with E-state index in [1.165, 1.54) is 25.7 Å². The Morgan fingerprint density at radius 1 is 1.19 bits per heavy atom. The van der Waals surface area contributed by atoms with E-state index in [1.54, 1.807) is 0 Å². The van der Waals surface area contributed by atoms with E-state index in [2.05, 4.69) is 12.2 Å². The summed E-state index contributed by atoms with van der Waals surface area (Å²) in [4.78, 5) is 11.9. The summed E-state index contributed by atoms with van der Waals surface area (Å²) in [5.41, 5.74) is -0.0733. The van der Waals surface area contributed by atoms with Gasteiger partial charge >= 0.3 is 0 Å². The molecule has 94 valence electrons. The summed E-state index contributed by atoms with van der Waals surface area (Å²) in [6.45, 7) is 2.93. The molecule has 1 rings (SSSR count). The largest absolute Gasteiger partial charge is 0.356 e. The van der Waals surface area contributed by atoms with E-state index in [4.69, 9.17) is 11.6 Å². The topological polar surface area (TPSA) is 29.1 Å². The molecule has 0 aromatic carbocycles. The quantitative estimate of drug-likeness (QED) is 0.540. The van der Waals surface area contributed by atoms with E-state index in [0.29, 0.717) is 0 Å². The van der Waals surface area contributed by atoms with Crippen LogP contribution in [0.5, 0.6) is 0 Å². The lowest BCUT2D eigenvalue weighted by Gasteiger charge is -2.22. The van der Waals surface area contributed by atoms with Crippen LogP contribution in [-0.2, 0) is 4.79 Å². The SMILES string of the molecule is CC1(C(=O)NCCCCCCCl)CCCC1. The van der Waals surface area contributed by atoms with Gasteiger partial charge in [0.05, 0.1) is 0 Å². The van der Waals surface area contributed by atoms with Crippen LogP contribution in [0.15, 0.2) is 0 Å². The third-order valence-electron chi connectivity index (χ3n) is 3.60. The summed E-state index contributed by atoms with van der Waals surface area (Å²) in [5.74, 6) is 1.02. The summed E-state index contributed by atoms with van der Waals surface area (Å²) in [6, 6.07) is 0. The van der Waals surface area contributed by atoms with E-state index in [1.807, 2.05) is 0 Å². The van der Waals surface area contributed by atoms with Gasteiger partial charge in [0.1, 0.15) is 0 Å². The summed E-state index contributed by atoms with van der Waals surface area (Å²) < 4.78 is 0. The number of halogens is 1. The van der Waals surface area contributed by atoms with Gasteiger partial charge in [-0.3, -0.25) is 4.79 Å². The van der Waals surface area contributed by atoms with Gasteiger partial charge in [0.25, 0.3) is 0 Å². The highest BCUT2D eigenvalue weighted by atomic mass is 35.5.